The molecule has 1 fully saturated rings. The highest BCUT2D eigenvalue weighted by Gasteiger charge is 2.16. The van der Waals surface area contributed by atoms with E-state index in [1.165, 1.54) is 44.1 Å². The van der Waals surface area contributed by atoms with Crippen LogP contribution in [0.2, 0.25) is 0 Å². The molecule has 0 aliphatic heterocycles. The highest BCUT2D eigenvalue weighted by Crippen LogP contribution is 2.34. The van der Waals surface area contributed by atoms with Gasteiger partial charge in [-0.1, -0.05) is 60.2 Å². The molecule has 1 aromatic rings. The van der Waals surface area contributed by atoms with E-state index >= 15 is 0 Å². The third kappa shape index (κ3) is 3.81. The molecule has 0 heterocycles. The van der Waals surface area contributed by atoms with Gasteiger partial charge in [0.15, 0.2) is 0 Å². The number of aryl methyl sites for hydroxylation is 1. The van der Waals surface area contributed by atoms with Crippen LogP contribution < -0.4 is 0 Å². The van der Waals surface area contributed by atoms with E-state index in [0.29, 0.717) is 4.83 Å². The Balaban J connectivity index is 1.86. The second-order valence-corrected chi connectivity index (χ2v) is 6.66. The zero-order chi connectivity index (χ0) is 13.0. The SMILES string of the molecule is Cc1cc(C(Br)CCC2CCCCC2)ccc1F. The van der Waals surface area contributed by atoms with Crippen LogP contribution in [0, 0.1) is 18.7 Å². The molecule has 1 aliphatic rings. The Morgan fingerprint density at radius 1 is 1.28 bits per heavy atom. The molecule has 2 rings (SSSR count). The van der Waals surface area contributed by atoms with Crippen LogP contribution in [0.3, 0.4) is 0 Å². The summed E-state index contributed by atoms with van der Waals surface area (Å²) in [6, 6.07) is 5.46. The maximum Gasteiger partial charge on any atom is 0.126 e. The first kappa shape index (κ1) is 14.0. The van der Waals surface area contributed by atoms with Crippen molar-refractivity contribution in [3.05, 3.63) is 35.1 Å². The zero-order valence-corrected chi connectivity index (χ0v) is 12.7. The van der Waals surface area contributed by atoms with Gasteiger partial charge in [-0.15, -0.1) is 0 Å². The van der Waals surface area contributed by atoms with Gasteiger partial charge in [0.05, 0.1) is 0 Å². The number of rotatable bonds is 4. The van der Waals surface area contributed by atoms with E-state index in [0.717, 1.165) is 17.9 Å². The zero-order valence-electron chi connectivity index (χ0n) is 11.1. The first-order valence-corrected chi connectivity index (χ1v) is 7.98. The Labute approximate surface area is 118 Å². The lowest BCUT2D eigenvalue weighted by Crippen LogP contribution is -2.07. The summed E-state index contributed by atoms with van der Waals surface area (Å²) in [5.74, 6) is 0.811. The Kier molecular flexibility index (Phi) is 5.23. The lowest BCUT2D eigenvalue weighted by atomic mass is 9.85. The van der Waals surface area contributed by atoms with Crippen LogP contribution in [0.4, 0.5) is 4.39 Å². The lowest BCUT2D eigenvalue weighted by molar-refractivity contribution is 0.332. The van der Waals surface area contributed by atoms with E-state index < -0.39 is 0 Å². The molecule has 1 unspecified atom stereocenters. The molecular formula is C16H22BrF. The van der Waals surface area contributed by atoms with Gasteiger partial charge in [0.1, 0.15) is 5.82 Å². The van der Waals surface area contributed by atoms with Crippen molar-refractivity contribution in [3.8, 4) is 0 Å². The minimum atomic E-state index is -0.106. The predicted molar refractivity (Wildman–Crippen MR) is 78.6 cm³/mol. The highest BCUT2D eigenvalue weighted by molar-refractivity contribution is 9.09. The van der Waals surface area contributed by atoms with Crippen molar-refractivity contribution < 1.29 is 4.39 Å². The number of halogens is 2. The van der Waals surface area contributed by atoms with Crippen molar-refractivity contribution in [2.75, 3.05) is 0 Å². The molecule has 1 aromatic carbocycles. The minimum Gasteiger partial charge on any atom is -0.207 e. The Hall–Kier alpha value is -0.370. The number of alkyl halides is 1. The highest BCUT2D eigenvalue weighted by atomic mass is 79.9. The van der Waals surface area contributed by atoms with Crippen LogP contribution in [0.1, 0.15) is 60.9 Å². The fourth-order valence-corrected chi connectivity index (χ4v) is 3.44. The van der Waals surface area contributed by atoms with Gasteiger partial charge in [-0.3, -0.25) is 0 Å². The van der Waals surface area contributed by atoms with E-state index in [4.69, 9.17) is 0 Å². The average molecular weight is 313 g/mol. The van der Waals surface area contributed by atoms with E-state index in [9.17, 15) is 4.39 Å². The Bertz CT molecular complexity index is 383. The molecule has 0 N–H and O–H groups in total. The number of hydrogen-bond donors (Lipinski definition) is 0. The standard InChI is InChI=1S/C16H22BrF/c1-12-11-14(8-10-16(12)18)15(17)9-7-13-5-3-2-4-6-13/h8,10-11,13,15H,2-7,9H2,1H3. The summed E-state index contributed by atoms with van der Waals surface area (Å²) in [5.41, 5.74) is 1.96. The van der Waals surface area contributed by atoms with Gasteiger partial charge >= 0.3 is 0 Å². The largest absolute Gasteiger partial charge is 0.207 e. The topological polar surface area (TPSA) is 0 Å². The van der Waals surface area contributed by atoms with Crippen molar-refractivity contribution in [2.24, 2.45) is 5.92 Å². The second kappa shape index (κ2) is 6.70. The van der Waals surface area contributed by atoms with Crippen molar-refractivity contribution in [1.82, 2.24) is 0 Å². The third-order valence-corrected chi connectivity index (χ3v) is 5.08. The van der Waals surface area contributed by atoms with Crippen LogP contribution in [0.5, 0.6) is 0 Å². The van der Waals surface area contributed by atoms with Crippen LogP contribution in [0.25, 0.3) is 0 Å². The molecule has 0 nitrogen and oxygen atoms in total. The molecular weight excluding hydrogens is 291 g/mol. The predicted octanol–water partition coefficient (Wildman–Crippen LogP) is 5.93. The maximum atomic E-state index is 13.2. The van der Waals surface area contributed by atoms with Crippen molar-refractivity contribution in [3.63, 3.8) is 0 Å². The smallest absolute Gasteiger partial charge is 0.126 e. The summed E-state index contributed by atoms with van der Waals surface area (Å²) in [7, 11) is 0. The molecule has 1 aliphatic carbocycles. The summed E-state index contributed by atoms with van der Waals surface area (Å²) in [6.07, 6.45) is 9.51. The van der Waals surface area contributed by atoms with Crippen molar-refractivity contribution >= 4 is 15.9 Å². The maximum absolute atomic E-state index is 13.2. The molecule has 0 spiro atoms. The molecule has 0 saturated heterocycles. The van der Waals surface area contributed by atoms with Gasteiger partial charge in [-0.05, 0) is 42.9 Å². The van der Waals surface area contributed by atoms with Gasteiger partial charge in [0.25, 0.3) is 0 Å². The van der Waals surface area contributed by atoms with Gasteiger partial charge in [0.2, 0.25) is 0 Å². The first-order chi connectivity index (χ1) is 8.66. The average Bonchev–Trinajstić information content (AvgIpc) is 2.40. The van der Waals surface area contributed by atoms with Crippen molar-refractivity contribution in [1.29, 1.82) is 0 Å². The summed E-state index contributed by atoms with van der Waals surface area (Å²) >= 11 is 3.75. The fourth-order valence-electron chi connectivity index (χ4n) is 2.89. The molecule has 0 amide bonds. The lowest BCUT2D eigenvalue weighted by Gasteiger charge is -2.22. The number of benzene rings is 1. The number of hydrogen-bond acceptors (Lipinski definition) is 0. The normalized spacial score (nSPS) is 18.8. The molecule has 1 atom stereocenters. The molecule has 18 heavy (non-hydrogen) atoms. The third-order valence-electron chi connectivity index (χ3n) is 4.10. The second-order valence-electron chi connectivity index (χ2n) is 5.56. The molecule has 100 valence electrons. The van der Waals surface area contributed by atoms with Crippen LogP contribution >= 0.6 is 15.9 Å². The van der Waals surface area contributed by atoms with Gasteiger partial charge < -0.3 is 0 Å². The quantitative estimate of drug-likeness (QED) is 0.604. The molecule has 0 radical (unpaired) electrons. The van der Waals surface area contributed by atoms with Gasteiger partial charge in [-0.25, -0.2) is 4.39 Å². The van der Waals surface area contributed by atoms with E-state index in [2.05, 4.69) is 15.9 Å². The van der Waals surface area contributed by atoms with E-state index in [-0.39, 0.29) is 5.82 Å². The fraction of sp³-hybridized carbons (Fsp3) is 0.625. The molecule has 0 bridgehead atoms. The van der Waals surface area contributed by atoms with Crippen molar-refractivity contribution in [2.45, 2.75) is 56.7 Å². The molecule has 0 aromatic heterocycles. The minimum absolute atomic E-state index is 0.106. The molecule has 2 heteroatoms. The summed E-state index contributed by atoms with van der Waals surface area (Å²) in [5, 5.41) is 0. The van der Waals surface area contributed by atoms with E-state index in [1.807, 2.05) is 19.1 Å². The summed E-state index contributed by atoms with van der Waals surface area (Å²) < 4.78 is 13.2. The van der Waals surface area contributed by atoms with Crippen LogP contribution in [0.15, 0.2) is 18.2 Å². The van der Waals surface area contributed by atoms with Crippen LogP contribution in [-0.2, 0) is 0 Å². The van der Waals surface area contributed by atoms with Crippen LogP contribution in [-0.4, -0.2) is 0 Å². The Morgan fingerprint density at radius 2 is 2.00 bits per heavy atom. The van der Waals surface area contributed by atoms with Gasteiger partial charge in [0, 0.05) is 4.83 Å². The monoisotopic (exact) mass is 312 g/mol. The summed E-state index contributed by atoms with van der Waals surface area (Å²) in [4.78, 5) is 0.374. The Morgan fingerprint density at radius 3 is 2.67 bits per heavy atom. The summed E-state index contributed by atoms with van der Waals surface area (Å²) in [6.45, 7) is 1.83. The van der Waals surface area contributed by atoms with Gasteiger partial charge in [-0.2, -0.15) is 0 Å². The van der Waals surface area contributed by atoms with E-state index in [1.54, 1.807) is 6.07 Å². The molecule has 1 saturated carbocycles. The first-order valence-electron chi connectivity index (χ1n) is 7.07.